The molecule has 1 fully saturated rings. The Labute approximate surface area is 179 Å². The lowest BCUT2D eigenvalue weighted by atomic mass is 10.1. The average molecular weight is 417 g/mol. The molecule has 0 unspecified atom stereocenters. The van der Waals surface area contributed by atoms with Crippen LogP contribution in [0.2, 0.25) is 0 Å². The first-order valence-corrected chi connectivity index (χ1v) is 10.0. The first-order valence-electron chi connectivity index (χ1n) is 10.0. The Morgan fingerprint density at radius 1 is 0.774 bits per heavy atom. The molecule has 0 aromatic heterocycles. The van der Waals surface area contributed by atoms with Crippen molar-refractivity contribution in [3.8, 4) is 5.75 Å². The van der Waals surface area contributed by atoms with Crippen molar-refractivity contribution in [1.82, 2.24) is 9.80 Å². The van der Waals surface area contributed by atoms with Crippen LogP contribution in [0.25, 0.3) is 10.8 Å². The molecule has 1 heterocycles. The molecular weight excluding hydrogens is 396 g/mol. The van der Waals surface area contributed by atoms with Crippen LogP contribution in [0.15, 0.2) is 66.7 Å². The molecule has 0 N–H and O–H groups in total. The van der Waals surface area contributed by atoms with Gasteiger partial charge in [-0.25, -0.2) is 0 Å². The van der Waals surface area contributed by atoms with E-state index in [1.165, 1.54) is 24.3 Å². The molecule has 3 aromatic carbocycles. The molecule has 0 spiro atoms. The first-order chi connectivity index (χ1) is 15.0. The van der Waals surface area contributed by atoms with Gasteiger partial charge in [0.25, 0.3) is 11.8 Å². The van der Waals surface area contributed by atoms with E-state index in [-0.39, 0.29) is 24.0 Å². The van der Waals surface area contributed by atoms with Crippen LogP contribution >= 0.6 is 0 Å². The zero-order valence-electron chi connectivity index (χ0n) is 16.8. The Morgan fingerprint density at radius 3 is 2.06 bits per heavy atom. The molecule has 7 heteroatoms. The smallest absolute Gasteiger partial charge is 0.260 e. The van der Waals surface area contributed by atoms with Crippen LogP contribution in [0.3, 0.4) is 0 Å². The maximum atomic E-state index is 12.6. The SMILES string of the molecule is O=C([O-])c1ccc(C(=O)N2CCN(C(=O)COc3ccc4ccccc4c3)CC2)cc1. The van der Waals surface area contributed by atoms with Crippen molar-refractivity contribution in [3.05, 3.63) is 77.9 Å². The second-order valence-corrected chi connectivity index (χ2v) is 7.34. The minimum atomic E-state index is -1.28. The molecule has 3 aromatic rings. The lowest BCUT2D eigenvalue weighted by Gasteiger charge is -2.34. The van der Waals surface area contributed by atoms with Crippen molar-refractivity contribution >= 4 is 28.6 Å². The third-order valence-electron chi connectivity index (χ3n) is 5.37. The Hall–Kier alpha value is -3.87. The molecule has 0 radical (unpaired) electrons. The number of carboxylic acid groups (broad SMARTS) is 1. The molecule has 7 nitrogen and oxygen atoms in total. The first kappa shape index (κ1) is 20.4. The van der Waals surface area contributed by atoms with Gasteiger partial charge >= 0.3 is 0 Å². The van der Waals surface area contributed by atoms with Crippen LogP contribution in [0, 0.1) is 0 Å². The van der Waals surface area contributed by atoms with Crippen molar-refractivity contribution in [3.63, 3.8) is 0 Å². The molecule has 1 aliphatic rings. The molecule has 2 amide bonds. The molecule has 0 bridgehead atoms. The predicted molar refractivity (Wildman–Crippen MR) is 113 cm³/mol. The number of nitrogens with zero attached hydrogens (tertiary/aromatic N) is 2. The second-order valence-electron chi connectivity index (χ2n) is 7.34. The van der Waals surface area contributed by atoms with Gasteiger partial charge in [0.15, 0.2) is 6.61 Å². The molecule has 1 saturated heterocycles. The van der Waals surface area contributed by atoms with Crippen molar-refractivity contribution in [2.24, 2.45) is 0 Å². The van der Waals surface area contributed by atoms with Crippen molar-refractivity contribution in [1.29, 1.82) is 0 Å². The Morgan fingerprint density at radius 2 is 1.39 bits per heavy atom. The normalized spacial score (nSPS) is 13.8. The number of amides is 2. The summed E-state index contributed by atoms with van der Waals surface area (Å²) in [6.45, 7) is 1.59. The van der Waals surface area contributed by atoms with Crippen LogP contribution < -0.4 is 9.84 Å². The van der Waals surface area contributed by atoms with E-state index in [4.69, 9.17) is 4.74 Å². The molecule has 4 rings (SSSR count). The van der Waals surface area contributed by atoms with Crippen LogP contribution in [0.1, 0.15) is 20.7 Å². The quantitative estimate of drug-likeness (QED) is 0.629. The van der Waals surface area contributed by atoms with Crippen LogP contribution in [0.4, 0.5) is 0 Å². The fraction of sp³-hybridized carbons (Fsp3) is 0.208. The van der Waals surface area contributed by atoms with Crippen LogP contribution in [-0.4, -0.2) is 60.4 Å². The highest BCUT2D eigenvalue weighted by molar-refractivity contribution is 5.95. The Kier molecular flexibility index (Phi) is 5.84. The predicted octanol–water partition coefficient (Wildman–Crippen LogP) is 1.57. The molecule has 0 atom stereocenters. The minimum absolute atomic E-state index is 0.0263. The Bertz CT molecular complexity index is 1120. The highest BCUT2D eigenvalue weighted by Gasteiger charge is 2.25. The van der Waals surface area contributed by atoms with Gasteiger partial charge in [0.2, 0.25) is 0 Å². The van der Waals surface area contributed by atoms with Gasteiger partial charge in [-0.15, -0.1) is 0 Å². The molecular formula is C24H21N2O5-. The largest absolute Gasteiger partial charge is 0.545 e. The maximum Gasteiger partial charge on any atom is 0.260 e. The van der Waals surface area contributed by atoms with Gasteiger partial charge in [-0.2, -0.15) is 0 Å². The lowest BCUT2D eigenvalue weighted by Crippen LogP contribution is -2.51. The number of hydrogen-bond acceptors (Lipinski definition) is 5. The van der Waals surface area contributed by atoms with E-state index < -0.39 is 5.97 Å². The summed E-state index contributed by atoms with van der Waals surface area (Å²) in [5, 5.41) is 13.0. The summed E-state index contributed by atoms with van der Waals surface area (Å²) in [6.07, 6.45) is 0. The highest BCUT2D eigenvalue weighted by atomic mass is 16.5. The van der Waals surface area contributed by atoms with Gasteiger partial charge in [0.05, 0.1) is 5.97 Å². The van der Waals surface area contributed by atoms with Gasteiger partial charge in [-0.05, 0) is 40.6 Å². The summed E-state index contributed by atoms with van der Waals surface area (Å²) in [5.74, 6) is -0.958. The zero-order valence-corrected chi connectivity index (χ0v) is 16.8. The van der Waals surface area contributed by atoms with Gasteiger partial charge in [0.1, 0.15) is 5.75 Å². The molecule has 0 saturated carbocycles. The maximum absolute atomic E-state index is 12.6. The van der Waals surface area contributed by atoms with E-state index in [9.17, 15) is 19.5 Å². The van der Waals surface area contributed by atoms with E-state index in [0.29, 0.717) is 37.5 Å². The van der Waals surface area contributed by atoms with Crippen LogP contribution in [-0.2, 0) is 4.79 Å². The van der Waals surface area contributed by atoms with Gasteiger partial charge < -0.3 is 24.4 Å². The summed E-state index contributed by atoms with van der Waals surface area (Å²) in [6, 6.07) is 19.3. The number of carbonyl (C=O) groups is 3. The van der Waals surface area contributed by atoms with Gasteiger partial charge in [-0.1, -0.05) is 42.5 Å². The van der Waals surface area contributed by atoms with E-state index in [1.54, 1.807) is 9.80 Å². The summed E-state index contributed by atoms with van der Waals surface area (Å²) >= 11 is 0. The zero-order chi connectivity index (χ0) is 21.8. The second kappa shape index (κ2) is 8.87. The van der Waals surface area contributed by atoms with Crippen molar-refractivity contribution in [2.45, 2.75) is 0 Å². The summed E-state index contributed by atoms with van der Waals surface area (Å²) in [5.41, 5.74) is 0.433. The fourth-order valence-electron chi connectivity index (χ4n) is 3.58. The molecule has 31 heavy (non-hydrogen) atoms. The van der Waals surface area contributed by atoms with Gasteiger partial charge in [-0.3, -0.25) is 9.59 Å². The summed E-state index contributed by atoms with van der Waals surface area (Å²) in [7, 11) is 0. The molecule has 1 aliphatic heterocycles. The fourth-order valence-corrected chi connectivity index (χ4v) is 3.58. The average Bonchev–Trinajstić information content (AvgIpc) is 2.82. The van der Waals surface area contributed by atoms with Crippen molar-refractivity contribution in [2.75, 3.05) is 32.8 Å². The number of aromatic carboxylic acids is 1. The highest BCUT2D eigenvalue weighted by Crippen LogP contribution is 2.20. The van der Waals surface area contributed by atoms with Crippen molar-refractivity contribution < 1.29 is 24.2 Å². The van der Waals surface area contributed by atoms with Gasteiger partial charge in [0, 0.05) is 31.7 Å². The minimum Gasteiger partial charge on any atom is -0.545 e. The van der Waals surface area contributed by atoms with E-state index >= 15 is 0 Å². The molecule has 0 aliphatic carbocycles. The third kappa shape index (κ3) is 4.66. The number of hydrogen-bond donors (Lipinski definition) is 0. The Balaban J connectivity index is 1.29. The number of carboxylic acids is 1. The van der Waals surface area contributed by atoms with E-state index in [2.05, 4.69) is 0 Å². The van der Waals surface area contributed by atoms with E-state index in [0.717, 1.165) is 10.8 Å². The standard InChI is InChI=1S/C24H22N2O5/c27-22(16-31-21-10-9-17-3-1-2-4-20(17)15-21)25-11-13-26(14-12-25)23(28)18-5-7-19(8-6-18)24(29)30/h1-10,15H,11-14,16H2,(H,29,30)/p-1. The number of rotatable bonds is 5. The molecule has 158 valence electrons. The summed E-state index contributed by atoms with van der Waals surface area (Å²) in [4.78, 5) is 39.3. The van der Waals surface area contributed by atoms with E-state index in [1.807, 2.05) is 42.5 Å². The monoisotopic (exact) mass is 417 g/mol. The number of fused-ring (bicyclic) bond motifs is 1. The summed E-state index contributed by atoms with van der Waals surface area (Å²) < 4.78 is 5.68. The topological polar surface area (TPSA) is 90.0 Å². The van der Waals surface area contributed by atoms with Crippen LogP contribution in [0.5, 0.6) is 5.75 Å². The third-order valence-corrected chi connectivity index (χ3v) is 5.37. The number of ether oxygens (including phenoxy) is 1. The number of carbonyl (C=O) groups excluding carboxylic acids is 3. The number of benzene rings is 3. The number of piperazine rings is 1. The lowest BCUT2D eigenvalue weighted by molar-refractivity contribution is -0.255.